The Hall–Kier alpha value is -2.47. The summed E-state index contributed by atoms with van der Waals surface area (Å²) >= 11 is 5.81. The van der Waals surface area contributed by atoms with Gasteiger partial charge in [-0.25, -0.2) is 4.79 Å². The van der Waals surface area contributed by atoms with Gasteiger partial charge >= 0.3 is 6.09 Å². The Balaban J connectivity index is 1.94. The minimum atomic E-state index is -1.13. The Morgan fingerprint density at radius 2 is 1.71 bits per heavy atom. The van der Waals surface area contributed by atoms with Gasteiger partial charge in [-0.05, 0) is 36.4 Å². The van der Waals surface area contributed by atoms with Gasteiger partial charge in [0.25, 0.3) is 5.91 Å². The van der Waals surface area contributed by atoms with Crippen molar-refractivity contribution in [1.82, 2.24) is 10.6 Å². The van der Waals surface area contributed by atoms with E-state index in [1.807, 2.05) is 0 Å². The van der Waals surface area contributed by atoms with E-state index in [0.29, 0.717) is 10.8 Å². The molecule has 7 heteroatoms. The monoisotopic (exact) mass is 308 g/mol. The molecule has 2 amide bonds. The fourth-order valence-corrected chi connectivity index (χ4v) is 1.79. The van der Waals surface area contributed by atoms with Gasteiger partial charge in [-0.2, -0.15) is 0 Å². The number of benzene rings is 1. The molecule has 0 unspecified atom stereocenters. The van der Waals surface area contributed by atoms with Gasteiger partial charge in [0, 0.05) is 23.7 Å². The van der Waals surface area contributed by atoms with Gasteiger partial charge in [0.2, 0.25) is 0 Å². The van der Waals surface area contributed by atoms with E-state index in [1.165, 1.54) is 0 Å². The van der Waals surface area contributed by atoms with Crippen molar-refractivity contribution in [2.24, 2.45) is 0 Å². The Morgan fingerprint density at radius 1 is 1.05 bits per heavy atom. The van der Waals surface area contributed by atoms with Gasteiger partial charge in [0.05, 0.1) is 0 Å². The molecule has 0 aliphatic heterocycles. The van der Waals surface area contributed by atoms with E-state index in [9.17, 15) is 9.59 Å². The van der Waals surface area contributed by atoms with Crippen molar-refractivity contribution in [3.63, 3.8) is 0 Å². The summed E-state index contributed by atoms with van der Waals surface area (Å²) in [5.74, 6) is 0.318. The second-order valence-corrected chi connectivity index (χ2v) is 4.60. The van der Waals surface area contributed by atoms with Crippen molar-refractivity contribution in [3.05, 3.63) is 47.2 Å². The van der Waals surface area contributed by atoms with E-state index < -0.39 is 12.0 Å². The third-order valence-electron chi connectivity index (χ3n) is 2.65. The fourth-order valence-electron chi connectivity index (χ4n) is 1.66. The largest absolute Gasteiger partial charge is 0.465 e. The predicted molar refractivity (Wildman–Crippen MR) is 77.5 cm³/mol. The Bertz CT molecular complexity index is 637. The average molecular weight is 309 g/mol. The smallest absolute Gasteiger partial charge is 0.404 e. The number of amides is 2. The molecule has 0 aliphatic carbocycles. The van der Waals surface area contributed by atoms with Crippen LogP contribution in [0.3, 0.4) is 0 Å². The highest BCUT2D eigenvalue weighted by Crippen LogP contribution is 2.23. The summed E-state index contributed by atoms with van der Waals surface area (Å²) in [5, 5.41) is 13.7. The first-order chi connectivity index (χ1) is 10.1. The first kappa shape index (κ1) is 14.9. The van der Waals surface area contributed by atoms with Crippen LogP contribution in [0.15, 0.2) is 40.8 Å². The molecular formula is C14H13ClN2O4. The van der Waals surface area contributed by atoms with Crippen LogP contribution in [0.5, 0.6) is 0 Å². The second kappa shape index (κ2) is 6.81. The van der Waals surface area contributed by atoms with E-state index in [4.69, 9.17) is 21.1 Å². The highest BCUT2D eigenvalue weighted by Gasteiger charge is 2.11. The molecule has 0 bridgehead atoms. The molecule has 0 spiro atoms. The summed E-state index contributed by atoms with van der Waals surface area (Å²) in [6, 6.07) is 10.3. The number of nitrogens with one attached hydrogen (secondary N) is 2. The first-order valence-electron chi connectivity index (χ1n) is 6.17. The molecule has 110 valence electrons. The molecule has 0 saturated carbocycles. The van der Waals surface area contributed by atoms with E-state index in [0.717, 1.165) is 5.56 Å². The van der Waals surface area contributed by atoms with Gasteiger partial charge < -0.3 is 20.2 Å². The second-order valence-electron chi connectivity index (χ2n) is 4.16. The van der Waals surface area contributed by atoms with Gasteiger partial charge in [-0.15, -0.1) is 0 Å². The minimum absolute atomic E-state index is 0.131. The van der Waals surface area contributed by atoms with E-state index in [2.05, 4.69) is 10.6 Å². The normalized spacial score (nSPS) is 10.1. The molecule has 0 atom stereocenters. The molecule has 0 radical (unpaired) electrons. The van der Waals surface area contributed by atoms with Crippen molar-refractivity contribution in [3.8, 4) is 11.3 Å². The maximum atomic E-state index is 11.8. The van der Waals surface area contributed by atoms with Crippen LogP contribution in [0.25, 0.3) is 11.3 Å². The summed E-state index contributed by atoms with van der Waals surface area (Å²) < 4.78 is 5.46. The molecular weight excluding hydrogens is 296 g/mol. The standard InChI is InChI=1S/C14H13ClN2O4/c15-10-3-1-9(2-4-10)11-5-6-12(21-11)13(18)16-7-8-17-14(19)20/h1-6,17H,7-8H2,(H,16,18)(H,19,20). The van der Waals surface area contributed by atoms with E-state index >= 15 is 0 Å². The molecule has 2 aromatic rings. The van der Waals surface area contributed by atoms with Gasteiger partial charge in [-0.1, -0.05) is 11.6 Å². The number of hydrogen-bond donors (Lipinski definition) is 3. The SMILES string of the molecule is O=C(O)NCCNC(=O)c1ccc(-c2ccc(Cl)cc2)o1. The first-order valence-corrected chi connectivity index (χ1v) is 6.55. The zero-order valence-corrected chi connectivity index (χ0v) is 11.7. The summed E-state index contributed by atoms with van der Waals surface area (Å²) in [6.07, 6.45) is -1.13. The topological polar surface area (TPSA) is 91.6 Å². The Labute approximate surface area is 125 Å². The number of carboxylic acid groups (broad SMARTS) is 1. The quantitative estimate of drug-likeness (QED) is 0.740. The van der Waals surface area contributed by atoms with Crippen LogP contribution in [-0.4, -0.2) is 30.2 Å². The van der Waals surface area contributed by atoms with E-state index in [-0.39, 0.29) is 18.8 Å². The zero-order chi connectivity index (χ0) is 15.2. The minimum Gasteiger partial charge on any atom is -0.465 e. The van der Waals surface area contributed by atoms with Crippen molar-refractivity contribution < 1.29 is 19.1 Å². The van der Waals surface area contributed by atoms with Gasteiger partial charge in [0.1, 0.15) is 5.76 Å². The Kier molecular flexibility index (Phi) is 4.84. The molecule has 1 heterocycles. The molecule has 1 aromatic heterocycles. The number of carbonyl (C=O) groups is 2. The van der Waals surface area contributed by atoms with Crippen LogP contribution < -0.4 is 10.6 Å². The van der Waals surface area contributed by atoms with E-state index in [1.54, 1.807) is 36.4 Å². The molecule has 1 aromatic carbocycles. The van der Waals surface area contributed by atoms with Gasteiger partial charge in [0.15, 0.2) is 5.76 Å². The number of rotatable bonds is 5. The number of carbonyl (C=O) groups excluding carboxylic acids is 1. The molecule has 6 nitrogen and oxygen atoms in total. The highest BCUT2D eigenvalue weighted by molar-refractivity contribution is 6.30. The summed E-state index contributed by atoms with van der Waals surface area (Å²) in [6.45, 7) is 0.313. The van der Waals surface area contributed by atoms with Crippen molar-refractivity contribution >= 4 is 23.6 Å². The van der Waals surface area contributed by atoms with Crippen LogP contribution in [0.4, 0.5) is 4.79 Å². The average Bonchev–Trinajstić information content (AvgIpc) is 2.94. The van der Waals surface area contributed by atoms with Crippen LogP contribution in [0.1, 0.15) is 10.6 Å². The highest BCUT2D eigenvalue weighted by atomic mass is 35.5. The third-order valence-corrected chi connectivity index (χ3v) is 2.90. The lowest BCUT2D eigenvalue weighted by molar-refractivity contribution is 0.0926. The number of hydrogen-bond acceptors (Lipinski definition) is 3. The fraction of sp³-hybridized carbons (Fsp3) is 0.143. The van der Waals surface area contributed by atoms with Crippen LogP contribution in [0, 0.1) is 0 Å². The predicted octanol–water partition coefficient (Wildman–Crippen LogP) is 2.60. The maximum Gasteiger partial charge on any atom is 0.404 e. The van der Waals surface area contributed by atoms with Crippen molar-refractivity contribution in [2.75, 3.05) is 13.1 Å². The molecule has 21 heavy (non-hydrogen) atoms. The lowest BCUT2D eigenvalue weighted by atomic mass is 10.2. The molecule has 0 aliphatic rings. The lowest BCUT2D eigenvalue weighted by Gasteiger charge is -2.03. The summed E-state index contributed by atoms with van der Waals surface area (Å²) in [5.41, 5.74) is 0.811. The van der Waals surface area contributed by atoms with Crippen molar-refractivity contribution in [1.29, 1.82) is 0 Å². The van der Waals surface area contributed by atoms with Crippen LogP contribution >= 0.6 is 11.6 Å². The number of furan rings is 1. The van der Waals surface area contributed by atoms with Crippen LogP contribution in [-0.2, 0) is 0 Å². The summed E-state index contributed by atoms with van der Waals surface area (Å²) in [4.78, 5) is 22.0. The number of halogens is 1. The maximum absolute atomic E-state index is 11.8. The molecule has 0 fully saturated rings. The molecule has 3 N–H and O–H groups in total. The van der Waals surface area contributed by atoms with Crippen molar-refractivity contribution in [2.45, 2.75) is 0 Å². The Morgan fingerprint density at radius 3 is 2.38 bits per heavy atom. The van der Waals surface area contributed by atoms with Gasteiger partial charge in [-0.3, -0.25) is 4.79 Å². The third kappa shape index (κ3) is 4.25. The lowest BCUT2D eigenvalue weighted by Crippen LogP contribution is -2.33. The molecule has 2 rings (SSSR count). The zero-order valence-electron chi connectivity index (χ0n) is 10.9. The van der Waals surface area contributed by atoms with Crippen LogP contribution in [0.2, 0.25) is 5.02 Å². The molecule has 0 saturated heterocycles. The summed E-state index contributed by atoms with van der Waals surface area (Å²) in [7, 11) is 0.